The van der Waals surface area contributed by atoms with Gasteiger partial charge in [0, 0.05) is 0 Å². The first-order chi connectivity index (χ1) is 10.4. The van der Waals surface area contributed by atoms with Crippen molar-refractivity contribution in [1.29, 1.82) is 0 Å². The largest absolute Gasteiger partial charge is 0.394 e. The van der Waals surface area contributed by atoms with E-state index < -0.39 is 22.4 Å². The van der Waals surface area contributed by atoms with Crippen molar-refractivity contribution in [3.8, 4) is 0 Å². The maximum atomic E-state index is 13.4. The highest BCUT2D eigenvalue weighted by Gasteiger charge is 2.27. The Bertz CT molecular complexity index is 780. The van der Waals surface area contributed by atoms with Gasteiger partial charge in [-0.1, -0.05) is 23.7 Å². The molecule has 0 saturated carbocycles. The van der Waals surface area contributed by atoms with E-state index in [9.17, 15) is 12.8 Å². The van der Waals surface area contributed by atoms with E-state index >= 15 is 0 Å². The first-order valence-corrected chi connectivity index (χ1v) is 8.33. The second kappa shape index (κ2) is 6.64. The zero-order valence-electron chi connectivity index (χ0n) is 11.8. The molecule has 2 rings (SSSR count). The number of aryl methyl sites for hydroxylation is 1. The number of sulfonamides is 1. The average Bonchev–Trinajstić information content (AvgIpc) is 2.44. The maximum Gasteiger partial charge on any atom is 0.265 e. The molecule has 0 saturated heterocycles. The summed E-state index contributed by atoms with van der Waals surface area (Å²) in [6, 6.07) is 9.73. The van der Waals surface area contributed by atoms with Crippen LogP contribution in [-0.2, 0) is 10.0 Å². The van der Waals surface area contributed by atoms with E-state index in [2.05, 4.69) is 0 Å². The Hall–Kier alpha value is -1.63. The van der Waals surface area contributed by atoms with Crippen LogP contribution >= 0.6 is 11.6 Å². The van der Waals surface area contributed by atoms with Crippen LogP contribution in [0.1, 0.15) is 5.56 Å². The summed E-state index contributed by atoms with van der Waals surface area (Å²) in [5.41, 5.74) is 0.953. The Labute approximate surface area is 133 Å². The van der Waals surface area contributed by atoms with Crippen LogP contribution in [0.5, 0.6) is 0 Å². The molecule has 0 aliphatic carbocycles. The molecule has 0 aliphatic heterocycles. The molecule has 0 atom stereocenters. The molecule has 0 radical (unpaired) electrons. The monoisotopic (exact) mass is 343 g/mol. The van der Waals surface area contributed by atoms with Gasteiger partial charge in [0.1, 0.15) is 10.7 Å². The van der Waals surface area contributed by atoms with Crippen LogP contribution in [0, 0.1) is 12.7 Å². The molecule has 0 spiro atoms. The molecule has 118 valence electrons. The lowest BCUT2D eigenvalue weighted by Crippen LogP contribution is -2.33. The quantitative estimate of drug-likeness (QED) is 0.908. The SMILES string of the molecule is Cc1ccc(S(=O)(=O)N(CCO)c2cccc(F)c2)c(Cl)c1. The van der Waals surface area contributed by atoms with Crippen LogP contribution in [0.3, 0.4) is 0 Å². The highest BCUT2D eigenvalue weighted by atomic mass is 35.5. The molecule has 0 bridgehead atoms. The van der Waals surface area contributed by atoms with Crippen molar-refractivity contribution in [2.75, 3.05) is 17.5 Å². The number of nitrogens with zero attached hydrogens (tertiary/aromatic N) is 1. The first-order valence-electron chi connectivity index (χ1n) is 6.51. The number of hydrogen-bond donors (Lipinski definition) is 1. The maximum absolute atomic E-state index is 13.4. The van der Waals surface area contributed by atoms with Gasteiger partial charge in [-0.2, -0.15) is 0 Å². The molecule has 0 unspecified atom stereocenters. The van der Waals surface area contributed by atoms with E-state index in [0.717, 1.165) is 15.9 Å². The van der Waals surface area contributed by atoms with E-state index in [4.69, 9.17) is 16.7 Å². The fraction of sp³-hybridized carbons (Fsp3) is 0.200. The zero-order valence-corrected chi connectivity index (χ0v) is 13.4. The minimum Gasteiger partial charge on any atom is -0.394 e. The molecule has 1 N–H and O–H groups in total. The Morgan fingerprint density at radius 2 is 1.95 bits per heavy atom. The molecular weight excluding hydrogens is 329 g/mol. The van der Waals surface area contributed by atoms with Gasteiger partial charge in [-0.15, -0.1) is 0 Å². The van der Waals surface area contributed by atoms with Crippen molar-refractivity contribution in [2.24, 2.45) is 0 Å². The summed E-state index contributed by atoms with van der Waals surface area (Å²) in [4.78, 5) is -0.0857. The summed E-state index contributed by atoms with van der Waals surface area (Å²) >= 11 is 6.03. The second-order valence-corrected chi connectivity index (χ2v) is 6.95. The Morgan fingerprint density at radius 3 is 2.55 bits per heavy atom. The van der Waals surface area contributed by atoms with E-state index in [-0.39, 0.29) is 22.2 Å². The number of anilines is 1. The number of aliphatic hydroxyl groups is 1. The second-order valence-electron chi connectivity index (χ2n) is 4.71. The van der Waals surface area contributed by atoms with Crippen molar-refractivity contribution < 1.29 is 17.9 Å². The number of aliphatic hydroxyl groups excluding tert-OH is 1. The fourth-order valence-corrected chi connectivity index (χ4v) is 4.07. The predicted molar refractivity (Wildman–Crippen MR) is 84.2 cm³/mol. The minimum atomic E-state index is -4.01. The molecule has 2 aromatic rings. The molecule has 2 aromatic carbocycles. The summed E-state index contributed by atoms with van der Waals surface area (Å²) in [5, 5.41) is 9.24. The Balaban J connectivity index is 2.55. The van der Waals surface area contributed by atoms with Gasteiger partial charge in [0.25, 0.3) is 10.0 Å². The van der Waals surface area contributed by atoms with Crippen LogP contribution in [0.25, 0.3) is 0 Å². The van der Waals surface area contributed by atoms with Crippen LogP contribution in [0.2, 0.25) is 5.02 Å². The van der Waals surface area contributed by atoms with Crippen LogP contribution in [0.15, 0.2) is 47.4 Å². The third-order valence-corrected chi connectivity index (χ3v) is 5.36. The standard InChI is InChI=1S/C15H15ClFNO3S/c1-11-5-6-15(14(16)9-11)22(20,21)18(7-8-19)13-4-2-3-12(17)10-13/h2-6,9-10,19H,7-8H2,1H3. The normalized spacial score (nSPS) is 11.5. The molecule has 0 fully saturated rings. The highest BCUT2D eigenvalue weighted by molar-refractivity contribution is 7.93. The van der Waals surface area contributed by atoms with Crippen LogP contribution in [-0.4, -0.2) is 26.7 Å². The van der Waals surface area contributed by atoms with E-state index in [1.54, 1.807) is 13.0 Å². The van der Waals surface area contributed by atoms with Crippen LogP contribution < -0.4 is 4.31 Å². The summed E-state index contributed by atoms with van der Waals surface area (Å²) in [6.45, 7) is 1.19. The zero-order chi connectivity index (χ0) is 16.3. The number of halogens is 2. The van der Waals surface area contributed by atoms with Gasteiger partial charge in [0.15, 0.2) is 0 Å². The predicted octanol–water partition coefficient (Wildman–Crippen LogP) is 2.98. The topological polar surface area (TPSA) is 57.6 Å². The van der Waals surface area contributed by atoms with Gasteiger partial charge in [0.2, 0.25) is 0 Å². The molecule has 0 aliphatic rings. The summed E-state index contributed by atoms with van der Waals surface area (Å²) in [5.74, 6) is -0.564. The lowest BCUT2D eigenvalue weighted by molar-refractivity contribution is 0.306. The van der Waals surface area contributed by atoms with Crippen molar-refractivity contribution in [3.63, 3.8) is 0 Å². The molecule has 4 nitrogen and oxygen atoms in total. The van der Waals surface area contributed by atoms with Gasteiger partial charge in [-0.3, -0.25) is 4.31 Å². The first kappa shape index (κ1) is 16.7. The molecular formula is C15H15ClFNO3S. The number of hydrogen-bond acceptors (Lipinski definition) is 3. The Kier molecular flexibility index (Phi) is 5.05. The average molecular weight is 344 g/mol. The van der Waals surface area contributed by atoms with Crippen molar-refractivity contribution in [2.45, 2.75) is 11.8 Å². The summed E-state index contributed by atoms with van der Waals surface area (Å²) in [6.07, 6.45) is 0. The molecule has 7 heteroatoms. The van der Waals surface area contributed by atoms with Gasteiger partial charge in [-0.05, 0) is 42.8 Å². The molecule has 22 heavy (non-hydrogen) atoms. The van der Waals surface area contributed by atoms with Crippen molar-refractivity contribution in [3.05, 3.63) is 58.9 Å². The number of benzene rings is 2. The fourth-order valence-electron chi connectivity index (χ4n) is 2.04. The van der Waals surface area contributed by atoms with Gasteiger partial charge in [-0.25, -0.2) is 12.8 Å². The van der Waals surface area contributed by atoms with E-state index in [0.29, 0.717) is 0 Å². The van der Waals surface area contributed by atoms with Gasteiger partial charge in [0.05, 0.1) is 23.9 Å². The Morgan fingerprint density at radius 1 is 1.23 bits per heavy atom. The van der Waals surface area contributed by atoms with E-state index in [1.165, 1.54) is 30.3 Å². The van der Waals surface area contributed by atoms with Crippen molar-refractivity contribution >= 4 is 27.3 Å². The minimum absolute atomic E-state index is 0.0827. The third-order valence-electron chi connectivity index (χ3n) is 3.05. The molecule has 0 aromatic heterocycles. The molecule has 0 amide bonds. The summed E-state index contributed by atoms with van der Waals surface area (Å²) < 4.78 is 39.9. The van der Waals surface area contributed by atoms with Gasteiger partial charge < -0.3 is 5.11 Å². The smallest absolute Gasteiger partial charge is 0.265 e. The lowest BCUT2D eigenvalue weighted by atomic mass is 10.2. The summed E-state index contributed by atoms with van der Waals surface area (Å²) in [7, 11) is -4.01. The van der Waals surface area contributed by atoms with Gasteiger partial charge >= 0.3 is 0 Å². The lowest BCUT2D eigenvalue weighted by Gasteiger charge is -2.24. The van der Waals surface area contributed by atoms with E-state index in [1.807, 2.05) is 0 Å². The van der Waals surface area contributed by atoms with Crippen molar-refractivity contribution in [1.82, 2.24) is 0 Å². The third kappa shape index (κ3) is 3.40. The highest BCUT2D eigenvalue weighted by Crippen LogP contribution is 2.29. The van der Waals surface area contributed by atoms with Crippen LogP contribution in [0.4, 0.5) is 10.1 Å². The number of rotatable bonds is 5. The molecule has 0 heterocycles.